The highest BCUT2D eigenvalue weighted by molar-refractivity contribution is 8.00. The Morgan fingerprint density at radius 3 is 2.90 bits per heavy atom. The maximum atomic E-state index is 12.1. The smallest absolute Gasteiger partial charge is 0.234 e. The Morgan fingerprint density at radius 2 is 2.14 bits per heavy atom. The molecule has 1 fully saturated rings. The number of hydrogen-bond acceptors (Lipinski definition) is 4. The van der Waals surface area contributed by atoms with Gasteiger partial charge in [0.25, 0.3) is 0 Å². The molecule has 0 unspecified atom stereocenters. The quantitative estimate of drug-likeness (QED) is 0.813. The summed E-state index contributed by atoms with van der Waals surface area (Å²) in [5.74, 6) is 0.593. The molecule has 1 aliphatic heterocycles. The number of hydrogen-bond donors (Lipinski definition) is 2. The molecule has 116 valence electrons. The Hall–Kier alpha value is -1.04. The molecule has 0 spiro atoms. The predicted molar refractivity (Wildman–Crippen MR) is 88.8 cm³/mol. The summed E-state index contributed by atoms with van der Waals surface area (Å²) in [6, 6.07) is 7.82. The van der Waals surface area contributed by atoms with Crippen LogP contribution < -0.4 is 10.6 Å². The maximum Gasteiger partial charge on any atom is 0.234 e. The van der Waals surface area contributed by atoms with E-state index < -0.39 is 0 Å². The summed E-state index contributed by atoms with van der Waals surface area (Å²) in [6.07, 6.45) is 2.30. The molecule has 2 rings (SSSR count). The van der Waals surface area contributed by atoms with Crippen LogP contribution in [0.15, 0.2) is 24.3 Å². The standard InChI is InChI=1S/C16H24N2O2S/c1-2-20-11-13-5-3-4-6-15(13)18-16(19)12-21-14-7-9-17-10-8-14/h3-6,14,17H,2,7-12H2,1H3,(H,18,19). The van der Waals surface area contributed by atoms with Crippen molar-refractivity contribution >= 4 is 23.4 Å². The Balaban J connectivity index is 1.81. The third-order valence-electron chi connectivity index (χ3n) is 3.49. The van der Waals surface area contributed by atoms with E-state index in [1.807, 2.05) is 31.2 Å². The molecular formula is C16H24N2O2S. The molecule has 0 aliphatic carbocycles. The van der Waals surface area contributed by atoms with Crippen LogP contribution in [0.25, 0.3) is 0 Å². The fraction of sp³-hybridized carbons (Fsp3) is 0.562. The minimum atomic E-state index is 0.0717. The van der Waals surface area contributed by atoms with E-state index in [-0.39, 0.29) is 5.91 Å². The Kier molecular flexibility index (Phi) is 7.06. The van der Waals surface area contributed by atoms with Crippen LogP contribution in [0, 0.1) is 0 Å². The summed E-state index contributed by atoms with van der Waals surface area (Å²) < 4.78 is 5.43. The molecule has 0 atom stereocenters. The van der Waals surface area contributed by atoms with Crippen molar-refractivity contribution in [1.29, 1.82) is 0 Å². The van der Waals surface area contributed by atoms with Gasteiger partial charge in [0, 0.05) is 23.1 Å². The summed E-state index contributed by atoms with van der Waals surface area (Å²) >= 11 is 1.77. The number of benzene rings is 1. The lowest BCUT2D eigenvalue weighted by Gasteiger charge is -2.21. The van der Waals surface area contributed by atoms with E-state index in [2.05, 4.69) is 10.6 Å². The second kappa shape index (κ2) is 9.07. The molecule has 5 heteroatoms. The molecule has 0 radical (unpaired) electrons. The minimum Gasteiger partial charge on any atom is -0.377 e. The van der Waals surface area contributed by atoms with Gasteiger partial charge in [-0.1, -0.05) is 18.2 Å². The van der Waals surface area contributed by atoms with Crippen LogP contribution in [-0.2, 0) is 16.1 Å². The normalized spacial score (nSPS) is 15.9. The predicted octanol–water partition coefficient (Wildman–Crippen LogP) is 2.65. The van der Waals surface area contributed by atoms with Crippen molar-refractivity contribution < 1.29 is 9.53 Å². The van der Waals surface area contributed by atoms with Crippen LogP contribution >= 0.6 is 11.8 Å². The lowest BCUT2D eigenvalue weighted by molar-refractivity contribution is -0.113. The van der Waals surface area contributed by atoms with Crippen molar-refractivity contribution in [1.82, 2.24) is 5.32 Å². The van der Waals surface area contributed by atoms with E-state index in [4.69, 9.17) is 4.74 Å². The van der Waals surface area contributed by atoms with Gasteiger partial charge in [-0.15, -0.1) is 11.8 Å². The number of carbonyl (C=O) groups is 1. The number of nitrogens with one attached hydrogen (secondary N) is 2. The molecular weight excluding hydrogens is 284 g/mol. The first-order chi connectivity index (χ1) is 10.3. The number of rotatable bonds is 7. The highest BCUT2D eigenvalue weighted by Crippen LogP contribution is 2.21. The van der Waals surface area contributed by atoms with Crippen LogP contribution in [0.4, 0.5) is 5.69 Å². The summed E-state index contributed by atoms with van der Waals surface area (Å²) in [5.41, 5.74) is 1.89. The SMILES string of the molecule is CCOCc1ccccc1NC(=O)CSC1CCNCC1. The number of amides is 1. The van der Waals surface area contributed by atoms with E-state index >= 15 is 0 Å². The molecule has 0 aromatic heterocycles. The zero-order valence-corrected chi connectivity index (χ0v) is 13.4. The summed E-state index contributed by atoms with van der Waals surface area (Å²) in [5, 5.41) is 6.95. The van der Waals surface area contributed by atoms with Gasteiger partial charge in [-0.3, -0.25) is 4.79 Å². The zero-order valence-electron chi connectivity index (χ0n) is 12.6. The number of thioether (sulfide) groups is 1. The van der Waals surface area contributed by atoms with E-state index in [1.54, 1.807) is 11.8 Å². The fourth-order valence-electron chi connectivity index (χ4n) is 2.32. The monoisotopic (exact) mass is 308 g/mol. The number of carbonyl (C=O) groups excluding carboxylic acids is 1. The maximum absolute atomic E-state index is 12.1. The molecule has 1 aliphatic rings. The second-order valence-electron chi connectivity index (χ2n) is 5.10. The zero-order chi connectivity index (χ0) is 14.9. The van der Waals surface area contributed by atoms with Crippen molar-refractivity contribution in [3.05, 3.63) is 29.8 Å². The fourth-order valence-corrected chi connectivity index (χ4v) is 3.35. The molecule has 21 heavy (non-hydrogen) atoms. The summed E-state index contributed by atoms with van der Waals surface area (Å²) in [6.45, 7) is 5.31. The summed E-state index contributed by atoms with van der Waals surface area (Å²) in [7, 11) is 0. The van der Waals surface area contributed by atoms with Crippen LogP contribution in [0.1, 0.15) is 25.3 Å². The van der Waals surface area contributed by atoms with Crippen molar-refractivity contribution in [3.8, 4) is 0 Å². The van der Waals surface area contributed by atoms with Crippen molar-refractivity contribution in [3.63, 3.8) is 0 Å². The van der Waals surface area contributed by atoms with Gasteiger partial charge in [-0.25, -0.2) is 0 Å². The number of piperidine rings is 1. The van der Waals surface area contributed by atoms with Crippen LogP contribution in [-0.4, -0.2) is 36.6 Å². The molecule has 2 N–H and O–H groups in total. The largest absolute Gasteiger partial charge is 0.377 e. The average molecular weight is 308 g/mol. The Labute approximate surface area is 131 Å². The molecule has 1 amide bonds. The van der Waals surface area contributed by atoms with Gasteiger partial charge >= 0.3 is 0 Å². The molecule has 0 bridgehead atoms. The van der Waals surface area contributed by atoms with Crippen molar-refractivity contribution in [2.45, 2.75) is 31.6 Å². The number of para-hydroxylation sites is 1. The first kappa shape index (κ1) is 16.3. The van der Waals surface area contributed by atoms with Crippen LogP contribution in [0.2, 0.25) is 0 Å². The average Bonchev–Trinajstić information content (AvgIpc) is 2.53. The Bertz CT molecular complexity index is 448. The third kappa shape index (κ3) is 5.69. The van der Waals surface area contributed by atoms with Crippen LogP contribution in [0.3, 0.4) is 0 Å². The van der Waals surface area contributed by atoms with Gasteiger partial charge in [0.05, 0.1) is 12.4 Å². The first-order valence-electron chi connectivity index (χ1n) is 7.57. The minimum absolute atomic E-state index is 0.0717. The number of ether oxygens (including phenoxy) is 1. The van der Waals surface area contributed by atoms with Gasteiger partial charge in [-0.05, 0) is 38.9 Å². The van der Waals surface area contributed by atoms with Crippen molar-refractivity contribution in [2.24, 2.45) is 0 Å². The highest BCUT2D eigenvalue weighted by atomic mass is 32.2. The molecule has 0 saturated carbocycles. The van der Waals surface area contributed by atoms with Gasteiger partial charge in [0.2, 0.25) is 5.91 Å². The second-order valence-corrected chi connectivity index (χ2v) is 6.39. The lowest BCUT2D eigenvalue weighted by atomic mass is 10.2. The van der Waals surface area contributed by atoms with Gasteiger partial charge in [-0.2, -0.15) is 0 Å². The molecule has 1 aromatic rings. The molecule has 1 aromatic carbocycles. The Morgan fingerprint density at radius 1 is 1.38 bits per heavy atom. The first-order valence-corrected chi connectivity index (χ1v) is 8.62. The molecule has 4 nitrogen and oxygen atoms in total. The van der Waals surface area contributed by atoms with Crippen LogP contribution in [0.5, 0.6) is 0 Å². The van der Waals surface area contributed by atoms with Gasteiger partial charge in [0.15, 0.2) is 0 Å². The third-order valence-corrected chi connectivity index (χ3v) is 4.86. The molecule has 1 saturated heterocycles. The highest BCUT2D eigenvalue weighted by Gasteiger charge is 2.15. The topological polar surface area (TPSA) is 50.4 Å². The van der Waals surface area contributed by atoms with E-state index in [9.17, 15) is 4.79 Å². The van der Waals surface area contributed by atoms with Crippen molar-refractivity contribution in [2.75, 3.05) is 30.8 Å². The van der Waals surface area contributed by atoms with E-state index in [0.29, 0.717) is 24.2 Å². The molecule has 1 heterocycles. The lowest BCUT2D eigenvalue weighted by Crippen LogP contribution is -2.30. The van der Waals surface area contributed by atoms with E-state index in [0.717, 1.165) is 37.2 Å². The van der Waals surface area contributed by atoms with Gasteiger partial charge in [0.1, 0.15) is 0 Å². The van der Waals surface area contributed by atoms with Gasteiger partial charge < -0.3 is 15.4 Å². The van der Waals surface area contributed by atoms with E-state index in [1.165, 1.54) is 0 Å². The number of anilines is 1. The summed E-state index contributed by atoms with van der Waals surface area (Å²) in [4.78, 5) is 12.1.